The number of benzene rings is 1. The van der Waals surface area contributed by atoms with E-state index in [2.05, 4.69) is 11.9 Å². The highest BCUT2D eigenvalue weighted by Crippen LogP contribution is 2.27. The van der Waals surface area contributed by atoms with Crippen LogP contribution in [0.25, 0.3) is 0 Å². The van der Waals surface area contributed by atoms with Crippen molar-refractivity contribution in [1.82, 2.24) is 5.01 Å². The molecule has 1 atom stereocenters. The van der Waals surface area contributed by atoms with Crippen LogP contribution in [0.5, 0.6) is 0 Å². The maximum atomic E-state index is 12.5. The van der Waals surface area contributed by atoms with Crippen molar-refractivity contribution in [3.63, 3.8) is 0 Å². The highest BCUT2D eigenvalue weighted by atomic mass is 32.1. The first-order valence-electron chi connectivity index (χ1n) is 10.7. The molecule has 30 heavy (non-hydrogen) atoms. The Morgan fingerprint density at radius 1 is 1.13 bits per heavy atom. The molecule has 1 fully saturated rings. The first-order valence-corrected chi connectivity index (χ1v) is 11.5. The molecule has 1 aliphatic heterocycles. The van der Waals surface area contributed by atoms with Crippen molar-refractivity contribution in [2.24, 2.45) is 0 Å². The second-order valence-corrected chi connectivity index (χ2v) is 8.86. The Labute approximate surface area is 181 Å². The molecule has 2 aromatic rings. The number of carboxylic acid groups (broad SMARTS) is 1. The van der Waals surface area contributed by atoms with E-state index in [1.54, 1.807) is 11.1 Å². The number of aliphatic hydroxyl groups excluding tert-OH is 1. The number of anilines is 1. The summed E-state index contributed by atoms with van der Waals surface area (Å²) in [7, 11) is 0. The predicted octanol–water partition coefficient (Wildman–Crippen LogP) is 4.65. The number of hydrogen-bond acceptors (Lipinski definition) is 5. The fourth-order valence-corrected chi connectivity index (χ4v) is 4.65. The lowest BCUT2D eigenvalue weighted by atomic mass is 10.0. The van der Waals surface area contributed by atoms with Crippen LogP contribution in [-0.2, 0) is 11.2 Å². The summed E-state index contributed by atoms with van der Waals surface area (Å²) in [6.07, 6.45) is 5.68. The molecule has 1 aromatic heterocycles. The van der Waals surface area contributed by atoms with E-state index >= 15 is 0 Å². The van der Waals surface area contributed by atoms with Crippen LogP contribution in [0.1, 0.15) is 71.7 Å². The summed E-state index contributed by atoms with van der Waals surface area (Å²) in [6.45, 7) is 3.56. The maximum absolute atomic E-state index is 12.5. The average Bonchev–Trinajstić information content (AvgIpc) is 3.35. The molecule has 0 aliphatic carbocycles. The van der Waals surface area contributed by atoms with Gasteiger partial charge in [-0.25, -0.2) is 14.8 Å². The van der Waals surface area contributed by atoms with Crippen molar-refractivity contribution in [2.75, 3.05) is 18.1 Å². The summed E-state index contributed by atoms with van der Waals surface area (Å²) in [4.78, 5) is 24.9. The summed E-state index contributed by atoms with van der Waals surface area (Å²) in [6, 6.07) is 11.2. The van der Waals surface area contributed by atoms with E-state index < -0.39 is 12.1 Å². The smallest absolute Gasteiger partial charge is 0.345 e. The number of aryl methyl sites for hydroxylation is 1. The van der Waals surface area contributed by atoms with Crippen molar-refractivity contribution in [1.29, 1.82) is 0 Å². The molecule has 1 aromatic carbocycles. The molecule has 3 rings (SSSR count). The maximum Gasteiger partial charge on any atom is 0.345 e. The second-order valence-electron chi connectivity index (χ2n) is 7.69. The van der Waals surface area contributed by atoms with Crippen LogP contribution < -0.4 is 5.01 Å². The van der Waals surface area contributed by atoms with Crippen LogP contribution >= 0.6 is 11.3 Å². The third-order valence-electron chi connectivity index (χ3n) is 5.42. The minimum absolute atomic E-state index is 0.0792. The first kappa shape index (κ1) is 22.5. The Hall–Kier alpha value is -2.22. The summed E-state index contributed by atoms with van der Waals surface area (Å²) in [5, 5.41) is 23.2. The van der Waals surface area contributed by atoms with E-state index in [9.17, 15) is 14.7 Å². The molecule has 0 bridgehead atoms. The van der Waals surface area contributed by atoms with Crippen molar-refractivity contribution < 1.29 is 19.8 Å². The highest BCUT2D eigenvalue weighted by molar-refractivity contribution is 7.13. The van der Waals surface area contributed by atoms with Gasteiger partial charge < -0.3 is 10.2 Å². The number of hydrogen-bond donors (Lipinski definition) is 2. The van der Waals surface area contributed by atoms with Gasteiger partial charge in [0.25, 0.3) is 0 Å². The van der Waals surface area contributed by atoms with Crippen LogP contribution in [0.3, 0.4) is 0 Å². The van der Waals surface area contributed by atoms with E-state index in [1.807, 2.05) is 30.3 Å². The number of rotatable bonds is 11. The van der Waals surface area contributed by atoms with Gasteiger partial charge in [-0.15, -0.1) is 11.3 Å². The molecule has 0 saturated carbocycles. The summed E-state index contributed by atoms with van der Waals surface area (Å²) >= 11 is 1.31. The molecule has 2 N–H and O–H groups in total. The third kappa shape index (κ3) is 5.68. The zero-order valence-corrected chi connectivity index (χ0v) is 18.2. The van der Waals surface area contributed by atoms with Crippen molar-refractivity contribution in [3.05, 3.63) is 51.7 Å². The molecular formula is C23H30N2O4S. The molecular weight excluding hydrogens is 400 g/mol. The van der Waals surface area contributed by atoms with E-state index in [0.717, 1.165) is 61.2 Å². The fourth-order valence-electron chi connectivity index (χ4n) is 3.76. The number of nitrogens with zero attached hydrogens (tertiary/aromatic N) is 2. The number of carbonyl (C=O) groups excluding carboxylic acids is 1. The van der Waals surface area contributed by atoms with Crippen LogP contribution in [0.4, 0.5) is 5.69 Å². The molecule has 2 heterocycles. The zero-order chi connectivity index (χ0) is 21.5. The lowest BCUT2D eigenvalue weighted by Gasteiger charge is -2.28. The quantitative estimate of drug-likeness (QED) is 0.507. The minimum atomic E-state index is -0.888. The lowest BCUT2D eigenvalue weighted by Crippen LogP contribution is -2.39. The summed E-state index contributed by atoms with van der Waals surface area (Å²) in [5.41, 5.74) is 1.71. The Balaban J connectivity index is 1.56. The molecule has 1 unspecified atom stereocenters. The third-order valence-corrected chi connectivity index (χ3v) is 6.55. The first-order chi connectivity index (χ1) is 14.5. The van der Waals surface area contributed by atoms with Crippen molar-refractivity contribution in [2.45, 2.75) is 58.0 Å². The van der Waals surface area contributed by atoms with Gasteiger partial charge in [0.2, 0.25) is 5.91 Å². The normalized spacial score (nSPS) is 15.7. The Kier molecular flexibility index (Phi) is 8.01. The summed E-state index contributed by atoms with van der Waals surface area (Å²) in [5.74, 6) is -0.808. The van der Waals surface area contributed by atoms with Gasteiger partial charge in [0, 0.05) is 24.4 Å². The largest absolute Gasteiger partial charge is 0.477 e. The van der Waals surface area contributed by atoms with Gasteiger partial charge in [-0.05, 0) is 49.1 Å². The van der Waals surface area contributed by atoms with Gasteiger partial charge in [0.15, 0.2) is 0 Å². The Bertz CT molecular complexity index is 849. The van der Waals surface area contributed by atoms with Crippen LogP contribution in [-0.4, -0.2) is 40.2 Å². The molecule has 7 heteroatoms. The Morgan fingerprint density at radius 3 is 2.57 bits per heavy atom. The van der Waals surface area contributed by atoms with E-state index in [4.69, 9.17) is 5.11 Å². The summed E-state index contributed by atoms with van der Waals surface area (Å²) < 4.78 is 0. The number of amides is 1. The molecule has 1 aliphatic rings. The molecule has 6 nitrogen and oxygen atoms in total. The number of thiophene rings is 1. The highest BCUT2D eigenvalue weighted by Gasteiger charge is 2.29. The van der Waals surface area contributed by atoms with Crippen LogP contribution in [0.15, 0.2) is 36.4 Å². The van der Waals surface area contributed by atoms with Crippen LogP contribution in [0, 0.1) is 0 Å². The van der Waals surface area contributed by atoms with Gasteiger partial charge in [-0.3, -0.25) is 4.79 Å². The van der Waals surface area contributed by atoms with Crippen molar-refractivity contribution >= 4 is 28.9 Å². The van der Waals surface area contributed by atoms with Gasteiger partial charge in [0.1, 0.15) is 4.88 Å². The van der Waals surface area contributed by atoms with E-state index in [0.29, 0.717) is 17.8 Å². The Morgan fingerprint density at radius 2 is 1.90 bits per heavy atom. The van der Waals surface area contributed by atoms with E-state index in [1.165, 1.54) is 11.3 Å². The number of carbonyl (C=O) groups is 2. The standard InChI is InChI=1S/C23H30N2O4S/c1-2-3-4-7-20(26)17-8-10-18(11-9-17)25-22(27)14-16-24(25)15-5-6-19-12-13-21(30-19)23(28)29/h8-13,20,26H,2-7,14-16H2,1H3,(H,28,29). The fraction of sp³-hybridized carbons (Fsp3) is 0.478. The molecule has 0 spiro atoms. The predicted molar refractivity (Wildman–Crippen MR) is 119 cm³/mol. The molecule has 1 saturated heterocycles. The number of hydrazine groups is 1. The topological polar surface area (TPSA) is 81.1 Å². The monoisotopic (exact) mass is 430 g/mol. The minimum Gasteiger partial charge on any atom is -0.477 e. The van der Waals surface area contributed by atoms with Gasteiger partial charge in [-0.2, -0.15) is 0 Å². The lowest BCUT2D eigenvalue weighted by molar-refractivity contribution is -0.118. The number of aliphatic hydroxyl groups is 1. The van der Waals surface area contributed by atoms with E-state index in [-0.39, 0.29) is 5.91 Å². The van der Waals surface area contributed by atoms with Gasteiger partial charge >= 0.3 is 5.97 Å². The molecule has 0 radical (unpaired) electrons. The SMILES string of the molecule is CCCCCC(O)c1ccc(N2C(=O)CCN2CCCc2ccc(C(=O)O)s2)cc1. The number of unbranched alkanes of at least 4 members (excludes halogenated alkanes) is 2. The molecule has 162 valence electrons. The second kappa shape index (κ2) is 10.7. The zero-order valence-electron chi connectivity index (χ0n) is 17.4. The number of aromatic carboxylic acids is 1. The van der Waals surface area contributed by atoms with Crippen molar-refractivity contribution in [3.8, 4) is 0 Å². The van der Waals surface area contributed by atoms with Gasteiger partial charge in [0.05, 0.1) is 11.8 Å². The van der Waals surface area contributed by atoms with Crippen LogP contribution in [0.2, 0.25) is 0 Å². The molecule has 1 amide bonds. The van der Waals surface area contributed by atoms with Gasteiger partial charge in [-0.1, -0.05) is 38.3 Å². The average molecular weight is 431 g/mol. The number of carboxylic acids is 1.